The highest BCUT2D eigenvalue weighted by molar-refractivity contribution is 5.82. The van der Waals surface area contributed by atoms with Crippen molar-refractivity contribution in [3.05, 3.63) is 29.5 Å². The Hall–Kier alpha value is -1.52. The van der Waals surface area contributed by atoms with Crippen LogP contribution in [0.25, 0.3) is 10.9 Å². The highest BCUT2D eigenvalue weighted by atomic mass is 19.4. The van der Waals surface area contributed by atoms with Crippen molar-refractivity contribution in [1.82, 2.24) is 10.2 Å². The predicted molar refractivity (Wildman–Crippen MR) is 55.1 cm³/mol. The second-order valence-corrected chi connectivity index (χ2v) is 3.70. The largest absolute Gasteiger partial charge is 0.433 e. The van der Waals surface area contributed by atoms with E-state index in [0.29, 0.717) is 5.52 Å². The first-order valence-electron chi connectivity index (χ1n) is 5.06. The van der Waals surface area contributed by atoms with E-state index in [2.05, 4.69) is 5.10 Å². The topological polar surface area (TPSA) is 28.7 Å². The quantitative estimate of drug-likeness (QED) is 0.836. The molecule has 2 nitrogen and oxygen atoms in total. The first kappa shape index (κ1) is 11.0. The Balaban J connectivity index is 2.56. The molecule has 0 unspecified atom stereocenters. The molecule has 0 aliphatic heterocycles. The lowest BCUT2D eigenvalue weighted by Gasteiger charge is -2.04. The molecule has 16 heavy (non-hydrogen) atoms. The van der Waals surface area contributed by atoms with Crippen LogP contribution in [0.15, 0.2) is 18.2 Å². The van der Waals surface area contributed by atoms with Gasteiger partial charge in [0.05, 0.1) is 5.52 Å². The average Bonchev–Trinajstić information content (AvgIpc) is 2.60. The molecule has 0 aliphatic rings. The lowest BCUT2D eigenvalue weighted by atomic mass is 10.1. The molecule has 0 amide bonds. The number of hydrogen-bond donors (Lipinski definition) is 1. The average molecular weight is 228 g/mol. The van der Waals surface area contributed by atoms with Gasteiger partial charge in [-0.2, -0.15) is 18.3 Å². The lowest BCUT2D eigenvalue weighted by molar-refractivity contribution is -0.139. The zero-order chi connectivity index (χ0) is 11.8. The van der Waals surface area contributed by atoms with Crippen molar-refractivity contribution in [3.63, 3.8) is 0 Å². The fraction of sp³-hybridized carbons (Fsp3) is 0.364. The number of benzene rings is 1. The van der Waals surface area contributed by atoms with Gasteiger partial charge < -0.3 is 0 Å². The number of fused-ring (bicyclic) bond motifs is 1. The number of aryl methyl sites for hydroxylation is 1. The van der Waals surface area contributed by atoms with Gasteiger partial charge in [0, 0.05) is 5.39 Å². The van der Waals surface area contributed by atoms with Crippen LogP contribution in [0.1, 0.15) is 24.6 Å². The normalized spacial score (nSPS) is 12.2. The molecule has 0 bridgehead atoms. The molecule has 2 aromatic rings. The minimum atomic E-state index is -4.38. The zero-order valence-electron chi connectivity index (χ0n) is 8.73. The van der Waals surface area contributed by atoms with Crippen molar-refractivity contribution >= 4 is 10.9 Å². The number of alkyl halides is 3. The monoisotopic (exact) mass is 228 g/mol. The smallest absolute Gasteiger partial charge is 0.272 e. The summed E-state index contributed by atoms with van der Waals surface area (Å²) in [6.45, 7) is 1.99. The van der Waals surface area contributed by atoms with Gasteiger partial charge in [-0.1, -0.05) is 19.4 Å². The Labute approximate surface area is 90.5 Å². The van der Waals surface area contributed by atoms with Crippen molar-refractivity contribution < 1.29 is 13.2 Å². The van der Waals surface area contributed by atoms with E-state index < -0.39 is 11.9 Å². The van der Waals surface area contributed by atoms with Crippen LogP contribution in [0.2, 0.25) is 0 Å². The van der Waals surface area contributed by atoms with Crippen LogP contribution in [-0.2, 0) is 12.6 Å². The summed E-state index contributed by atoms with van der Waals surface area (Å²) in [5.41, 5.74) is 0.495. The van der Waals surface area contributed by atoms with E-state index >= 15 is 0 Å². The van der Waals surface area contributed by atoms with Crippen LogP contribution in [-0.4, -0.2) is 10.2 Å². The lowest BCUT2D eigenvalue weighted by Crippen LogP contribution is -2.05. The maximum Gasteiger partial charge on any atom is 0.433 e. The van der Waals surface area contributed by atoms with Crippen molar-refractivity contribution in [2.45, 2.75) is 25.9 Å². The highest BCUT2D eigenvalue weighted by Gasteiger charge is 2.34. The maximum absolute atomic E-state index is 12.6. The molecule has 0 spiro atoms. The van der Waals surface area contributed by atoms with Crippen molar-refractivity contribution in [2.75, 3.05) is 0 Å². The molecular weight excluding hydrogens is 217 g/mol. The summed E-state index contributed by atoms with van der Waals surface area (Å²) in [6.07, 6.45) is -2.69. The fourth-order valence-electron chi connectivity index (χ4n) is 1.72. The summed E-state index contributed by atoms with van der Waals surface area (Å²) in [5, 5.41) is 5.84. The minimum absolute atomic E-state index is 0.151. The Bertz CT molecular complexity index is 499. The number of halogens is 3. The molecule has 86 valence electrons. The Morgan fingerprint density at radius 1 is 1.31 bits per heavy atom. The molecule has 1 aromatic heterocycles. The SMILES string of the molecule is CCCc1ccc2n[nH]c(C(F)(F)F)c2c1. The summed E-state index contributed by atoms with van der Waals surface area (Å²) >= 11 is 0. The molecule has 1 aromatic carbocycles. The number of H-pyrrole nitrogens is 1. The number of hydrogen-bond acceptors (Lipinski definition) is 1. The minimum Gasteiger partial charge on any atom is -0.272 e. The van der Waals surface area contributed by atoms with E-state index in [1.807, 2.05) is 18.1 Å². The van der Waals surface area contributed by atoms with Crippen molar-refractivity contribution in [1.29, 1.82) is 0 Å². The zero-order valence-corrected chi connectivity index (χ0v) is 8.73. The Kier molecular flexibility index (Phi) is 2.61. The van der Waals surface area contributed by atoms with Gasteiger partial charge in [0.1, 0.15) is 5.69 Å². The molecule has 1 heterocycles. The van der Waals surface area contributed by atoms with Gasteiger partial charge >= 0.3 is 6.18 Å². The summed E-state index contributed by atoms with van der Waals surface area (Å²) in [6, 6.07) is 4.99. The Morgan fingerprint density at radius 2 is 2.06 bits per heavy atom. The van der Waals surface area contributed by atoms with E-state index in [9.17, 15) is 13.2 Å². The van der Waals surface area contributed by atoms with Crippen LogP contribution in [0.5, 0.6) is 0 Å². The fourth-order valence-corrected chi connectivity index (χ4v) is 1.72. The van der Waals surface area contributed by atoms with Gasteiger partial charge in [-0.15, -0.1) is 0 Å². The summed E-state index contributed by atoms with van der Waals surface area (Å²) in [4.78, 5) is 0. The third-order valence-corrected chi connectivity index (χ3v) is 2.44. The maximum atomic E-state index is 12.6. The molecular formula is C11H11F3N2. The van der Waals surface area contributed by atoms with Crippen molar-refractivity contribution in [3.8, 4) is 0 Å². The van der Waals surface area contributed by atoms with E-state index in [1.54, 1.807) is 12.1 Å². The van der Waals surface area contributed by atoms with E-state index in [-0.39, 0.29) is 5.39 Å². The molecule has 0 saturated heterocycles. The van der Waals surface area contributed by atoms with E-state index in [0.717, 1.165) is 18.4 Å². The number of rotatable bonds is 2. The molecule has 0 atom stereocenters. The standard InChI is InChI=1S/C11H11F3N2/c1-2-3-7-4-5-9-8(6-7)10(16-15-9)11(12,13)14/h4-6H,2-3H2,1H3,(H,15,16). The second-order valence-electron chi connectivity index (χ2n) is 3.70. The van der Waals surface area contributed by atoms with E-state index in [4.69, 9.17) is 0 Å². The number of nitrogens with one attached hydrogen (secondary N) is 1. The summed E-state index contributed by atoms with van der Waals surface area (Å²) in [7, 11) is 0. The number of aromatic nitrogens is 2. The molecule has 5 heteroatoms. The third kappa shape index (κ3) is 1.89. The van der Waals surface area contributed by atoms with Crippen molar-refractivity contribution in [2.24, 2.45) is 0 Å². The molecule has 0 radical (unpaired) electrons. The summed E-state index contributed by atoms with van der Waals surface area (Å²) < 4.78 is 37.8. The van der Waals surface area contributed by atoms with Gasteiger partial charge in [0.15, 0.2) is 0 Å². The van der Waals surface area contributed by atoms with Crippen LogP contribution < -0.4 is 0 Å². The van der Waals surface area contributed by atoms with Gasteiger partial charge in [-0.3, -0.25) is 5.10 Å². The molecule has 0 aliphatic carbocycles. The second kappa shape index (κ2) is 3.81. The Morgan fingerprint density at radius 3 is 2.69 bits per heavy atom. The molecule has 2 rings (SSSR count). The van der Waals surface area contributed by atoms with Gasteiger partial charge in [0.25, 0.3) is 0 Å². The van der Waals surface area contributed by atoms with Gasteiger partial charge in [-0.25, -0.2) is 0 Å². The van der Waals surface area contributed by atoms with E-state index in [1.165, 1.54) is 0 Å². The molecule has 0 fully saturated rings. The van der Waals surface area contributed by atoms with Crippen LogP contribution >= 0.6 is 0 Å². The first-order valence-corrected chi connectivity index (χ1v) is 5.06. The predicted octanol–water partition coefficient (Wildman–Crippen LogP) is 3.53. The van der Waals surface area contributed by atoms with Crippen LogP contribution in [0.4, 0.5) is 13.2 Å². The van der Waals surface area contributed by atoms with Gasteiger partial charge in [-0.05, 0) is 24.1 Å². The van der Waals surface area contributed by atoms with Gasteiger partial charge in [0.2, 0.25) is 0 Å². The molecule has 0 saturated carbocycles. The van der Waals surface area contributed by atoms with Crippen LogP contribution in [0, 0.1) is 0 Å². The number of aromatic amines is 1. The molecule has 1 N–H and O–H groups in total. The highest BCUT2D eigenvalue weighted by Crippen LogP contribution is 2.33. The number of nitrogens with zero attached hydrogens (tertiary/aromatic N) is 1. The first-order chi connectivity index (χ1) is 7.52. The third-order valence-electron chi connectivity index (χ3n) is 2.44. The van der Waals surface area contributed by atoms with Crippen LogP contribution in [0.3, 0.4) is 0 Å². The summed E-state index contributed by atoms with van der Waals surface area (Å²) in [5.74, 6) is 0.